The first-order valence-electron chi connectivity index (χ1n) is 12.6. The van der Waals surface area contributed by atoms with Crippen LogP contribution in [0.3, 0.4) is 0 Å². The van der Waals surface area contributed by atoms with E-state index in [0.717, 1.165) is 0 Å². The average molecular weight is 513 g/mol. The van der Waals surface area contributed by atoms with Crippen molar-refractivity contribution in [3.8, 4) is 0 Å². The minimum absolute atomic E-state index is 0.0617. The SMILES string of the molecule is CC(C)NCCC(=O)NCCC(=O)NCCC(=O)NCCC(=O)NCCC(=O)NCCC(=O)C(C)C. The molecule has 206 valence electrons. The molecule has 0 aliphatic rings. The Balaban J connectivity index is 3.70. The molecular formula is C24H44N6O6. The summed E-state index contributed by atoms with van der Waals surface area (Å²) in [5, 5.41) is 16.2. The van der Waals surface area contributed by atoms with Gasteiger partial charge in [-0.25, -0.2) is 0 Å². The number of Topliss-reactive ketones (excluding diaryl/α,β-unsaturated/α-hetero) is 1. The number of hydrogen-bond donors (Lipinski definition) is 6. The van der Waals surface area contributed by atoms with E-state index in [9.17, 15) is 28.8 Å². The smallest absolute Gasteiger partial charge is 0.221 e. The highest BCUT2D eigenvalue weighted by Crippen LogP contribution is 1.97. The molecule has 0 saturated heterocycles. The Labute approximate surface area is 213 Å². The van der Waals surface area contributed by atoms with Gasteiger partial charge in [-0.1, -0.05) is 27.7 Å². The first-order chi connectivity index (χ1) is 17.0. The third kappa shape index (κ3) is 20.4. The van der Waals surface area contributed by atoms with Crippen LogP contribution in [0.2, 0.25) is 0 Å². The van der Waals surface area contributed by atoms with Crippen LogP contribution in [0.4, 0.5) is 0 Å². The second-order valence-electron chi connectivity index (χ2n) is 8.98. The minimum Gasteiger partial charge on any atom is -0.356 e. The normalized spacial score (nSPS) is 10.6. The zero-order valence-electron chi connectivity index (χ0n) is 22.1. The van der Waals surface area contributed by atoms with E-state index in [1.54, 1.807) is 13.8 Å². The van der Waals surface area contributed by atoms with Crippen LogP contribution in [-0.4, -0.2) is 80.6 Å². The summed E-state index contributed by atoms with van der Waals surface area (Å²) in [7, 11) is 0. The molecule has 0 unspecified atom stereocenters. The Hall–Kier alpha value is -3.02. The zero-order chi connectivity index (χ0) is 27.3. The quantitative estimate of drug-likeness (QED) is 0.123. The second-order valence-corrected chi connectivity index (χ2v) is 8.98. The van der Waals surface area contributed by atoms with Crippen molar-refractivity contribution < 1.29 is 28.8 Å². The summed E-state index contributed by atoms with van der Waals surface area (Å²) in [6.45, 7) is 9.14. The zero-order valence-corrected chi connectivity index (χ0v) is 22.1. The molecule has 36 heavy (non-hydrogen) atoms. The topological polar surface area (TPSA) is 175 Å². The maximum absolute atomic E-state index is 11.8. The number of carbonyl (C=O) groups is 6. The van der Waals surface area contributed by atoms with Crippen LogP contribution >= 0.6 is 0 Å². The molecule has 6 N–H and O–H groups in total. The largest absolute Gasteiger partial charge is 0.356 e. The Morgan fingerprint density at radius 1 is 0.444 bits per heavy atom. The Kier molecular flexibility index (Phi) is 18.5. The van der Waals surface area contributed by atoms with Gasteiger partial charge in [0.25, 0.3) is 0 Å². The van der Waals surface area contributed by atoms with E-state index < -0.39 is 0 Å². The molecular weight excluding hydrogens is 468 g/mol. The van der Waals surface area contributed by atoms with Crippen LogP contribution < -0.4 is 31.9 Å². The molecule has 0 bridgehead atoms. The van der Waals surface area contributed by atoms with Gasteiger partial charge in [-0.05, 0) is 0 Å². The molecule has 0 radical (unpaired) electrons. The number of hydrogen-bond acceptors (Lipinski definition) is 7. The molecule has 0 saturated carbocycles. The van der Waals surface area contributed by atoms with Crippen molar-refractivity contribution in [2.75, 3.05) is 39.3 Å². The lowest BCUT2D eigenvalue weighted by molar-refractivity contribution is -0.124. The van der Waals surface area contributed by atoms with Crippen molar-refractivity contribution in [3.63, 3.8) is 0 Å². The molecule has 5 amide bonds. The monoisotopic (exact) mass is 512 g/mol. The summed E-state index contributed by atoms with van der Waals surface area (Å²) in [4.78, 5) is 70.2. The molecule has 0 fully saturated rings. The molecule has 0 aliphatic carbocycles. The number of nitrogens with one attached hydrogen (secondary N) is 6. The highest BCUT2D eigenvalue weighted by molar-refractivity contribution is 5.83. The van der Waals surface area contributed by atoms with E-state index in [1.807, 2.05) is 13.8 Å². The van der Waals surface area contributed by atoms with E-state index in [0.29, 0.717) is 19.0 Å². The van der Waals surface area contributed by atoms with Gasteiger partial charge >= 0.3 is 0 Å². The van der Waals surface area contributed by atoms with Crippen molar-refractivity contribution in [1.82, 2.24) is 31.9 Å². The highest BCUT2D eigenvalue weighted by Gasteiger charge is 2.09. The van der Waals surface area contributed by atoms with E-state index >= 15 is 0 Å². The standard InChI is InChI=1S/C24H44N6O6/c1-17(2)19(31)5-11-26-21(33)7-13-28-23(35)9-15-30-24(36)10-16-29-22(34)8-14-27-20(32)6-12-25-18(3)4/h17-18,25H,5-16H2,1-4H3,(H,26,33)(H,27,32)(H,28,35)(H,29,34)(H,30,36). The van der Waals surface area contributed by atoms with Crippen LogP contribution in [0.1, 0.15) is 66.2 Å². The van der Waals surface area contributed by atoms with Crippen LogP contribution in [0.15, 0.2) is 0 Å². The first kappa shape index (κ1) is 33.0. The molecule has 0 rings (SSSR count). The summed E-state index contributed by atoms with van der Waals surface area (Å²) in [6, 6.07) is 0.308. The Morgan fingerprint density at radius 2 is 0.722 bits per heavy atom. The minimum atomic E-state index is -0.302. The predicted molar refractivity (Wildman–Crippen MR) is 136 cm³/mol. The van der Waals surface area contributed by atoms with E-state index in [4.69, 9.17) is 0 Å². The molecule has 0 heterocycles. The molecule has 0 spiro atoms. The molecule has 0 aromatic carbocycles. The van der Waals surface area contributed by atoms with Gasteiger partial charge in [0.1, 0.15) is 5.78 Å². The molecule has 12 heteroatoms. The van der Waals surface area contributed by atoms with Gasteiger partial charge in [-0.3, -0.25) is 28.8 Å². The van der Waals surface area contributed by atoms with Crippen LogP contribution in [0.25, 0.3) is 0 Å². The maximum Gasteiger partial charge on any atom is 0.221 e. The van der Waals surface area contributed by atoms with E-state index in [-0.39, 0.29) is 106 Å². The Bertz CT molecular complexity index is 726. The lowest BCUT2D eigenvalue weighted by atomic mass is 10.1. The van der Waals surface area contributed by atoms with Gasteiger partial charge in [-0.2, -0.15) is 0 Å². The molecule has 0 aliphatic heterocycles. The number of amides is 5. The van der Waals surface area contributed by atoms with Crippen molar-refractivity contribution >= 4 is 35.3 Å². The summed E-state index contributed by atoms with van der Waals surface area (Å²) < 4.78 is 0. The van der Waals surface area contributed by atoms with Crippen LogP contribution in [0, 0.1) is 5.92 Å². The van der Waals surface area contributed by atoms with Gasteiger partial charge in [0.05, 0.1) is 0 Å². The van der Waals surface area contributed by atoms with Gasteiger partial charge in [0.2, 0.25) is 29.5 Å². The predicted octanol–water partition coefficient (Wildman–Crippen LogP) is -0.869. The fourth-order valence-electron chi connectivity index (χ4n) is 2.79. The Morgan fingerprint density at radius 3 is 1.00 bits per heavy atom. The summed E-state index contributed by atoms with van der Waals surface area (Å²) in [5.74, 6) is -1.22. The van der Waals surface area contributed by atoms with Crippen LogP contribution in [0.5, 0.6) is 0 Å². The summed E-state index contributed by atoms with van der Waals surface area (Å²) in [6.07, 6.45) is 0.990. The van der Waals surface area contributed by atoms with Gasteiger partial charge in [0.15, 0.2) is 0 Å². The lowest BCUT2D eigenvalue weighted by Gasteiger charge is -2.09. The third-order valence-electron chi connectivity index (χ3n) is 4.94. The number of rotatable bonds is 20. The molecule has 12 nitrogen and oxygen atoms in total. The summed E-state index contributed by atoms with van der Waals surface area (Å²) >= 11 is 0. The lowest BCUT2D eigenvalue weighted by Crippen LogP contribution is -2.36. The van der Waals surface area contributed by atoms with Crippen molar-refractivity contribution in [2.24, 2.45) is 5.92 Å². The van der Waals surface area contributed by atoms with E-state index in [2.05, 4.69) is 31.9 Å². The number of ketones is 1. The number of carbonyl (C=O) groups excluding carboxylic acids is 6. The van der Waals surface area contributed by atoms with Crippen LogP contribution in [-0.2, 0) is 28.8 Å². The van der Waals surface area contributed by atoms with Gasteiger partial charge < -0.3 is 31.9 Å². The fraction of sp³-hybridized carbons (Fsp3) is 0.750. The third-order valence-corrected chi connectivity index (χ3v) is 4.94. The van der Waals surface area contributed by atoms with E-state index in [1.165, 1.54) is 0 Å². The van der Waals surface area contributed by atoms with Crippen molar-refractivity contribution in [2.45, 2.75) is 72.3 Å². The first-order valence-corrected chi connectivity index (χ1v) is 12.6. The fourth-order valence-corrected chi connectivity index (χ4v) is 2.79. The molecule has 0 aromatic rings. The highest BCUT2D eigenvalue weighted by atomic mass is 16.2. The molecule has 0 atom stereocenters. The summed E-state index contributed by atoms with van der Waals surface area (Å²) in [5.41, 5.74) is 0. The van der Waals surface area contributed by atoms with Gasteiger partial charge in [-0.15, -0.1) is 0 Å². The maximum atomic E-state index is 11.8. The average Bonchev–Trinajstić information content (AvgIpc) is 2.78. The second kappa shape index (κ2) is 20.2. The van der Waals surface area contributed by atoms with Gasteiger partial charge in [0, 0.05) is 89.8 Å². The molecule has 0 aromatic heterocycles. The van der Waals surface area contributed by atoms with Crippen molar-refractivity contribution in [3.05, 3.63) is 0 Å². The van der Waals surface area contributed by atoms with Crippen molar-refractivity contribution in [1.29, 1.82) is 0 Å².